The Bertz CT molecular complexity index is 688. The summed E-state index contributed by atoms with van der Waals surface area (Å²) in [6.07, 6.45) is 9.04. The van der Waals surface area contributed by atoms with Crippen LogP contribution >= 0.6 is 0 Å². The minimum atomic E-state index is -0.632. The molecule has 24 heavy (non-hydrogen) atoms. The smallest absolute Gasteiger partial charge is 0.148 e. The van der Waals surface area contributed by atoms with Crippen LogP contribution in [0.3, 0.4) is 0 Å². The van der Waals surface area contributed by atoms with E-state index < -0.39 is 11.6 Å². The molecule has 3 rings (SSSR count). The molecule has 1 radical (unpaired) electrons. The summed E-state index contributed by atoms with van der Waals surface area (Å²) in [7, 11) is 0. The molecule has 0 aliphatic heterocycles. The lowest BCUT2D eigenvalue weighted by Crippen LogP contribution is -2.07. The molecule has 0 heterocycles. The van der Waals surface area contributed by atoms with Crippen molar-refractivity contribution >= 4 is 6.21 Å². The van der Waals surface area contributed by atoms with E-state index in [1.165, 1.54) is 55.9 Å². The number of benzene rings is 2. The summed E-state index contributed by atoms with van der Waals surface area (Å²) in [5.74, 6) is -0.734. The van der Waals surface area contributed by atoms with Crippen molar-refractivity contribution < 1.29 is 13.6 Å². The van der Waals surface area contributed by atoms with Crippen LogP contribution in [0.15, 0.2) is 47.6 Å². The highest BCUT2D eigenvalue weighted by molar-refractivity contribution is 5.81. The summed E-state index contributed by atoms with van der Waals surface area (Å²) in [5, 5.41) is 3.79. The molecule has 0 spiro atoms. The van der Waals surface area contributed by atoms with Crippen LogP contribution in [-0.2, 0) is 11.4 Å². The van der Waals surface area contributed by atoms with Crippen LogP contribution in [-0.4, -0.2) is 6.21 Å². The van der Waals surface area contributed by atoms with Gasteiger partial charge in [-0.25, -0.2) is 8.78 Å². The van der Waals surface area contributed by atoms with Crippen LogP contribution in [0.25, 0.3) is 0 Å². The van der Waals surface area contributed by atoms with Gasteiger partial charge in [0.25, 0.3) is 0 Å². The molecule has 0 unspecified atom stereocenters. The Balaban J connectivity index is 1.66. The largest absolute Gasteiger partial charge is 0.390 e. The molecule has 0 aromatic heterocycles. The van der Waals surface area contributed by atoms with E-state index in [1.54, 1.807) is 0 Å². The molecule has 0 N–H and O–H groups in total. The molecule has 0 saturated heterocycles. The van der Waals surface area contributed by atoms with Gasteiger partial charge in [-0.2, -0.15) is 0 Å². The van der Waals surface area contributed by atoms with Gasteiger partial charge in [-0.05, 0) is 36.5 Å². The SMILES string of the molecule is Fc1cccc(F)c1CO/N=[C]\c1ccccc1C1CCCCC1. The molecule has 0 bridgehead atoms. The van der Waals surface area contributed by atoms with Crippen molar-refractivity contribution in [3.05, 3.63) is 70.8 Å². The lowest BCUT2D eigenvalue weighted by molar-refractivity contribution is 0.126. The van der Waals surface area contributed by atoms with E-state index in [0.717, 1.165) is 5.56 Å². The van der Waals surface area contributed by atoms with Gasteiger partial charge in [0.2, 0.25) is 0 Å². The van der Waals surface area contributed by atoms with Gasteiger partial charge in [-0.15, -0.1) is 0 Å². The van der Waals surface area contributed by atoms with Gasteiger partial charge >= 0.3 is 0 Å². The van der Waals surface area contributed by atoms with Gasteiger partial charge in [0.1, 0.15) is 24.5 Å². The third-order valence-corrected chi connectivity index (χ3v) is 4.51. The first-order valence-corrected chi connectivity index (χ1v) is 8.35. The predicted molar refractivity (Wildman–Crippen MR) is 90.0 cm³/mol. The molecule has 1 aliphatic carbocycles. The van der Waals surface area contributed by atoms with Gasteiger partial charge in [0, 0.05) is 5.56 Å². The van der Waals surface area contributed by atoms with Gasteiger partial charge in [0.05, 0.1) is 5.56 Å². The predicted octanol–water partition coefficient (Wildman–Crippen LogP) is 5.44. The zero-order valence-electron chi connectivity index (χ0n) is 13.5. The normalized spacial score (nSPS) is 15.8. The van der Waals surface area contributed by atoms with Crippen LogP contribution in [0, 0.1) is 11.6 Å². The van der Waals surface area contributed by atoms with Crippen LogP contribution in [0.4, 0.5) is 8.78 Å². The van der Waals surface area contributed by atoms with E-state index >= 15 is 0 Å². The lowest BCUT2D eigenvalue weighted by atomic mass is 9.82. The van der Waals surface area contributed by atoms with E-state index in [4.69, 9.17) is 4.84 Å². The first-order chi connectivity index (χ1) is 11.8. The molecular weight excluding hydrogens is 308 g/mol. The van der Waals surface area contributed by atoms with Crippen molar-refractivity contribution in [1.29, 1.82) is 0 Å². The van der Waals surface area contributed by atoms with Crippen molar-refractivity contribution in [2.75, 3.05) is 0 Å². The average molecular weight is 328 g/mol. The van der Waals surface area contributed by atoms with Crippen molar-refractivity contribution in [1.82, 2.24) is 0 Å². The quantitative estimate of drug-likeness (QED) is 0.529. The zero-order valence-corrected chi connectivity index (χ0v) is 13.5. The minimum absolute atomic E-state index is 0.122. The summed E-state index contributed by atoms with van der Waals surface area (Å²) in [4.78, 5) is 5.06. The molecule has 0 atom stereocenters. The maximum Gasteiger partial charge on any atom is 0.148 e. The van der Waals surface area contributed by atoms with Crippen LogP contribution in [0.2, 0.25) is 0 Å². The summed E-state index contributed by atoms with van der Waals surface area (Å²) in [5.41, 5.74) is 1.99. The molecule has 2 aromatic rings. The highest BCUT2D eigenvalue weighted by atomic mass is 19.1. The fourth-order valence-electron chi connectivity index (χ4n) is 3.22. The topological polar surface area (TPSA) is 21.6 Å². The van der Waals surface area contributed by atoms with Gasteiger partial charge < -0.3 is 4.84 Å². The van der Waals surface area contributed by atoms with E-state index in [0.29, 0.717) is 5.92 Å². The van der Waals surface area contributed by atoms with Crippen molar-refractivity contribution in [3.8, 4) is 0 Å². The van der Waals surface area contributed by atoms with E-state index in [2.05, 4.69) is 17.4 Å². The van der Waals surface area contributed by atoms with Gasteiger partial charge in [0.15, 0.2) is 0 Å². The van der Waals surface area contributed by atoms with E-state index in [1.807, 2.05) is 18.2 Å². The van der Waals surface area contributed by atoms with Crippen LogP contribution in [0.1, 0.15) is 54.7 Å². The molecule has 1 saturated carbocycles. The Kier molecular flexibility index (Phi) is 5.57. The highest BCUT2D eigenvalue weighted by Gasteiger charge is 2.17. The van der Waals surface area contributed by atoms with Crippen molar-refractivity contribution in [3.63, 3.8) is 0 Å². The van der Waals surface area contributed by atoms with Crippen molar-refractivity contribution in [2.45, 2.75) is 44.6 Å². The molecule has 1 aliphatic rings. The van der Waals surface area contributed by atoms with Crippen LogP contribution in [0.5, 0.6) is 0 Å². The zero-order chi connectivity index (χ0) is 16.8. The van der Waals surface area contributed by atoms with E-state index in [9.17, 15) is 8.78 Å². The summed E-state index contributed by atoms with van der Waals surface area (Å²) < 4.78 is 27.1. The third kappa shape index (κ3) is 3.99. The second kappa shape index (κ2) is 8.04. The maximum absolute atomic E-state index is 13.5. The Morgan fingerprint density at radius 1 is 0.958 bits per heavy atom. The Morgan fingerprint density at radius 3 is 2.42 bits per heavy atom. The number of halogens is 2. The molecule has 2 aromatic carbocycles. The number of rotatable bonds is 5. The molecular formula is C20H20F2NO. The van der Waals surface area contributed by atoms with Gasteiger partial charge in [-0.3, -0.25) is 0 Å². The van der Waals surface area contributed by atoms with Crippen LogP contribution < -0.4 is 0 Å². The number of hydrogen-bond donors (Lipinski definition) is 0. The summed E-state index contributed by atoms with van der Waals surface area (Å²) in [6.45, 7) is -0.253. The monoisotopic (exact) mass is 328 g/mol. The Hall–Kier alpha value is -2.23. The molecule has 0 amide bonds. The first kappa shape index (κ1) is 16.6. The lowest BCUT2D eigenvalue weighted by Gasteiger charge is -2.23. The summed E-state index contributed by atoms with van der Waals surface area (Å²) >= 11 is 0. The molecule has 1 fully saturated rings. The fraction of sp³-hybridized carbons (Fsp3) is 0.350. The fourth-order valence-corrected chi connectivity index (χ4v) is 3.22. The third-order valence-electron chi connectivity index (χ3n) is 4.51. The summed E-state index contributed by atoms with van der Waals surface area (Å²) in [6, 6.07) is 11.7. The molecule has 4 heteroatoms. The highest BCUT2D eigenvalue weighted by Crippen LogP contribution is 2.33. The average Bonchev–Trinajstić information content (AvgIpc) is 2.62. The molecule has 125 valence electrons. The molecule has 2 nitrogen and oxygen atoms in total. The first-order valence-electron chi connectivity index (χ1n) is 8.35. The van der Waals surface area contributed by atoms with Crippen molar-refractivity contribution in [2.24, 2.45) is 5.16 Å². The van der Waals surface area contributed by atoms with Gasteiger partial charge in [-0.1, -0.05) is 54.8 Å². The Labute approximate surface area is 141 Å². The van der Waals surface area contributed by atoms with E-state index in [-0.39, 0.29) is 12.2 Å². The number of hydrogen-bond acceptors (Lipinski definition) is 2. The minimum Gasteiger partial charge on any atom is -0.390 e. The Morgan fingerprint density at radius 2 is 1.67 bits per heavy atom. The number of nitrogens with zero attached hydrogens (tertiary/aromatic N) is 1. The second-order valence-electron chi connectivity index (χ2n) is 6.10. The maximum atomic E-state index is 13.5. The second-order valence-corrected chi connectivity index (χ2v) is 6.10. The standard InChI is InChI=1S/C20H20F2NO/c21-19-11-6-12-20(22)18(19)14-24-23-13-16-9-4-5-10-17(16)15-7-2-1-3-8-15/h4-6,9-12,15H,1-3,7-8,14H2.